The lowest BCUT2D eigenvalue weighted by Gasteiger charge is -2.44. The van der Waals surface area contributed by atoms with Crippen molar-refractivity contribution in [3.63, 3.8) is 0 Å². The van der Waals surface area contributed by atoms with Gasteiger partial charge in [-0.1, -0.05) is 112 Å². The van der Waals surface area contributed by atoms with Gasteiger partial charge in [0.25, 0.3) is 0 Å². The van der Waals surface area contributed by atoms with Crippen LogP contribution in [-0.2, 0) is 0 Å². The van der Waals surface area contributed by atoms with E-state index in [1.54, 1.807) is 69.8 Å². The molecule has 0 saturated heterocycles. The van der Waals surface area contributed by atoms with E-state index in [1.807, 2.05) is 0 Å². The average Bonchev–Trinajstić information content (AvgIpc) is 3.21. The second-order valence-corrected chi connectivity index (χ2v) is 19.9. The van der Waals surface area contributed by atoms with Gasteiger partial charge in [-0.2, -0.15) is 0 Å². The van der Waals surface area contributed by atoms with Crippen LogP contribution in [0.4, 0.5) is 0 Å². The molecule has 0 radical (unpaired) electrons. The van der Waals surface area contributed by atoms with Crippen molar-refractivity contribution in [3.8, 4) is 0 Å². The van der Waals surface area contributed by atoms with Crippen LogP contribution in [0, 0.1) is 88.8 Å². The van der Waals surface area contributed by atoms with Gasteiger partial charge in [0.1, 0.15) is 0 Å². The second kappa shape index (κ2) is 17.8. The number of unbranched alkanes of at least 4 members (excludes halogenated alkanes) is 1. The zero-order valence-corrected chi connectivity index (χ0v) is 33.0. The van der Waals surface area contributed by atoms with Crippen molar-refractivity contribution in [2.45, 2.75) is 189 Å². The molecular weight excluding hydrogens is 579 g/mol. The maximum atomic E-state index is 4.58. The Hall–Kier alpha value is -0.590. The Morgan fingerprint density at radius 1 is 0.708 bits per heavy atom. The molecule has 0 spiro atoms. The highest BCUT2D eigenvalue weighted by Crippen LogP contribution is 2.59. The van der Waals surface area contributed by atoms with Crippen molar-refractivity contribution >= 4 is 6.21 Å². The van der Waals surface area contributed by atoms with Crippen LogP contribution in [0.2, 0.25) is 0 Å². The maximum absolute atomic E-state index is 4.58. The molecule has 1 aliphatic heterocycles. The molecule has 5 saturated carbocycles. The predicted octanol–water partition coefficient (Wildman–Crippen LogP) is 14.4. The van der Waals surface area contributed by atoms with Crippen molar-refractivity contribution in [1.29, 1.82) is 0 Å². The van der Waals surface area contributed by atoms with Gasteiger partial charge >= 0.3 is 0 Å². The first-order valence-corrected chi connectivity index (χ1v) is 22.5. The molecule has 14 atom stereocenters. The topological polar surface area (TPSA) is 12.4 Å². The Bertz CT molecular complexity index is 1020. The Labute approximate surface area is 300 Å². The van der Waals surface area contributed by atoms with Crippen LogP contribution < -0.4 is 0 Å². The van der Waals surface area contributed by atoms with E-state index in [9.17, 15) is 0 Å². The molecule has 0 aromatic carbocycles. The van der Waals surface area contributed by atoms with Gasteiger partial charge in [-0.15, -0.1) is 0 Å². The van der Waals surface area contributed by atoms with E-state index in [-0.39, 0.29) is 0 Å². The first-order valence-electron chi connectivity index (χ1n) is 22.5. The summed E-state index contributed by atoms with van der Waals surface area (Å²) in [7, 11) is 0. The molecule has 0 N–H and O–H groups in total. The molecule has 1 heteroatoms. The molecule has 274 valence electrons. The minimum absolute atomic E-state index is 0.805. The number of aliphatic imine (C=N–C) groups is 1. The van der Waals surface area contributed by atoms with Crippen LogP contribution in [0.15, 0.2) is 16.8 Å². The van der Waals surface area contributed by atoms with E-state index in [4.69, 9.17) is 0 Å². The van der Waals surface area contributed by atoms with Gasteiger partial charge in [0, 0.05) is 12.4 Å². The van der Waals surface area contributed by atoms with Crippen LogP contribution >= 0.6 is 0 Å². The minimum atomic E-state index is 0.805. The third kappa shape index (κ3) is 8.88. The number of nitrogens with zero attached hydrogens (tertiary/aromatic N) is 1. The van der Waals surface area contributed by atoms with E-state index >= 15 is 0 Å². The van der Waals surface area contributed by atoms with Crippen LogP contribution in [0.25, 0.3) is 0 Å². The Balaban J connectivity index is 1.15. The second-order valence-electron chi connectivity index (χ2n) is 19.9. The SMILES string of the molecule is CCCCC1C(C(C)C)CC(C(C)C2CCCCC2CCC2CCC(C)C(C3=CN=CCC3)CC2)C1C1CCCC2CCC(C)CC2C1. The highest BCUT2D eigenvalue weighted by molar-refractivity contribution is 5.60. The molecular formula is C47H81N. The van der Waals surface area contributed by atoms with E-state index in [0.29, 0.717) is 0 Å². The third-order valence-electron chi connectivity index (χ3n) is 16.8. The van der Waals surface area contributed by atoms with Crippen molar-refractivity contribution in [2.24, 2.45) is 93.8 Å². The molecule has 6 rings (SSSR count). The zero-order valence-electron chi connectivity index (χ0n) is 33.0. The molecule has 0 bridgehead atoms. The molecule has 1 nitrogen and oxygen atoms in total. The number of hydrogen-bond acceptors (Lipinski definition) is 1. The van der Waals surface area contributed by atoms with E-state index in [2.05, 4.69) is 58.9 Å². The standard InChI is InChI=1S/C47H81N/c1-7-8-17-44-45(32(2)3)30-46(47(44)39-15-11-14-37-24-19-33(4)28-41(37)29-39)35(6)43-18-10-9-13-38(43)25-22-36-21-20-34(5)42(26-23-36)40-16-12-27-48-31-40/h27,31-39,41-47H,7-26,28-30H2,1-6H3. The summed E-state index contributed by atoms with van der Waals surface area (Å²) >= 11 is 0. The number of fused-ring (bicyclic) bond motifs is 1. The van der Waals surface area contributed by atoms with Gasteiger partial charge in [0.2, 0.25) is 0 Å². The fourth-order valence-electron chi connectivity index (χ4n) is 14.1. The zero-order chi connectivity index (χ0) is 33.6. The third-order valence-corrected chi connectivity index (χ3v) is 16.8. The van der Waals surface area contributed by atoms with Crippen molar-refractivity contribution in [1.82, 2.24) is 0 Å². The summed E-state index contributed by atoms with van der Waals surface area (Å²) in [5.74, 6) is 14.6. The Kier molecular flexibility index (Phi) is 13.8. The van der Waals surface area contributed by atoms with Crippen LogP contribution in [-0.4, -0.2) is 6.21 Å². The lowest BCUT2D eigenvalue weighted by molar-refractivity contribution is 0.0545. The average molecular weight is 660 g/mol. The van der Waals surface area contributed by atoms with E-state index in [1.165, 1.54) is 83.5 Å². The van der Waals surface area contributed by atoms with Crippen LogP contribution in [0.3, 0.4) is 0 Å². The molecule has 14 unspecified atom stereocenters. The molecule has 0 amide bonds. The van der Waals surface area contributed by atoms with E-state index < -0.39 is 0 Å². The molecule has 1 heterocycles. The summed E-state index contributed by atoms with van der Waals surface area (Å²) in [5, 5.41) is 0. The predicted molar refractivity (Wildman–Crippen MR) is 209 cm³/mol. The highest BCUT2D eigenvalue weighted by Gasteiger charge is 2.51. The number of hydrogen-bond donors (Lipinski definition) is 0. The molecule has 5 aliphatic carbocycles. The highest BCUT2D eigenvalue weighted by atomic mass is 14.7. The van der Waals surface area contributed by atoms with Crippen molar-refractivity contribution in [3.05, 3.63) is 11.8 Å². The molecule has 0 aromatic heterocycles. The first kappa shape index (κ1) is 37.2. The number of allylic oxidation sites excluding steroid dienone is 1. The number of rotatable bonds is 11. The monoisotopic (exact) mass is 660 g/mol. The Morgan fingerprint density at radius 3 is 2.31 bits per heavy atom. The summed E-state index contributed by atoms with van der Waals surface area (Å²) in [6.07, 6.45) is 38.7. The van der Waals surface area contributed by atoms with Crippen LogP contribution in [0.1, 0.15) is 189 Å². The summed E-state index contributed by atoms with van der Waals surface area (Å²) in [5.41, 5.74) is 1.68. The molecule has 0 aromatic rings. The van der Waals surface area contributed by atoms with E-state index in [0.717, 1.165) is 88.8 Å². The molecule has 5 fully saturated rings. The van der Waals surface area contributed by atoms with Gasteiger partial charge in [0.05, 0.1) is 0 Å². The van der Waals surface area contributed by atoms with Gasteiger partial charge in [-0.25, -0.2) is 0 Å². The summed E-state index contributed by atoms with van der Waals surface area (Å²) < 4.78 is 0. The first-order chi connectivity index (χ1) is 23.3. The largest absolute Gasteiger partial charge is 0.269 e. The van der Waals surface area contributed by atoms with Gasteiger partial charge < -0.3 is 0 Å². The normalized spacial score (nSPS) is 43.3. The van der Waals surface area contributed by atoms with Crippen molar-refractivity contribution < 1.29 is 0 Å². The van der Waals surface area contributed by atoms with Crippen molar-refractivity contribution in [2.75, 3.05) is 0 Å². The van der Waals surface area contributed by atoms with Gasteiger partial charge in [0.15, 0.2) is 0 Å². The van der Waals surface area contributed by atoms with Gasteiger partial charge in [-0.3, -0.25) is 4.99 Å². The summed E-state index contributed by atoms with van der Waals surface area (Å²) in [6.45, 7) is 15.7. The smallest absolute Gasteiger partial charge is 0.0258 e. The molecule has 48 heavy (non-hydrogen) atoms. The summed E-state index contributed by atoms with van der Waals surface area (Å²) in [4.78, 5) is 4.58. The lowest BCUT2D eigenvalue weighted by Crippen LogP contribution is -2.36. The fraction of sp³-hybridized carbons (Fsp3) is 0.936. The minimum Gasteiger partial charge on any atom is -0.269 e. The Morgan fingerprint density at radius 2 is 1.52 bits per heavy atom. The maximum Gasteiger partial charge on any atom is 0.0258 e. The summed E-state index contributed by atoms with van der Waals surface area (Å²) in [6, 6.07) is 0. The quantitative estimate of drug-likeness (QED) is 0.196. The lowest BCUT2D eigenvalue weighted by atomic mass is 9.61. The van der Waals surface area contributed by atoms with Gasteiger partial charge in [-0.05, 0) is 171 Å². The van der Waals surface area contributed by atoms with Crippen LogP contribution in [0.5, 0.6) is 0 Å². The molecule has 6 aliphatic rings. The fourth-order valence-corrected chi connectivity index (χ4v) is 14.1.